The fraction of sp³-hybridized carbons (Fsp3) is 0.588. The molecule has 1 aromatic carbocycles. The summed E-state index contributed by atoms with van der Waals surface area (Å²) in [5, 5.41) is 3.70. The minimum absolute atomic E-state index is 0.492. The predicted octanol–water partition coefficient (Wildman–Crippen LogP) is 4.67. The molecule has 1 aliphatic carbocycles. The lowest BCUT2D eigenvalue weighted by Crippen LogP contribution is -2.31. The van der Waals surface area contributed by atoms with Gasteiger partial charge in [-0.3, -0.25) is 0 Å². The van der Waals surface area contributed by atoms with E-state index in [0.29, 0.717) is 11.0 Å². The Hall–Kier alpha value is -0.740. The number of nitrogens with two attached hydrogens (primary N) is 1. The van der Waals surface area contributed by atoms with Crippen molar-refractivity contribution in [3.05, 3.63) is 23.8 Å². The molecule has 0 bridgehead atoms. The molecule has 116 valence electrons. The minimum atomic E-state index is 0.492. The van der Waals surface area contributed by atoms with E-state index >= 15 is 0 Å². The van der Waals surface area contributed by atoms with Gasteiger partial charge < -0.3 is 11.1 Å². The summed E-state index contributed by atoms with van der Waals surface area (Å²) < 4.78 is 0. The number of rotatable bonds is 5. The molecule has 3 unspecified atom stereocenters. The highest BCUT2D eigenvalue weighted by Crippen LogP contribution is 2.34. The molecule has 3 atom stereocenters. The molecule has 1 saturated carbocycles. The molecule has 21 heavy (non-hydrogen) atoms. The van der Waals surface area contributed by atoms with Crippen molar-refractivity contribution in [1.82, 2.24) is 0 Å². The Kier molecular flexibility index (Phi) is 5.94. The summed E-state index contributed by atoms with van der Waals surface area (Å²) in [4.78, 5) is 1.68. The predicted molar refractivity (Wildman–Crippen MR) is 98.3 cm³/mol. The van der Waals surface area contributed by atoms with Crippen LogP contribution >= 0.6 is 24.0 Å². The maximum atomic E-state index is 5.98. The number of hydrogen-bond donors (Lipinski definition) is 2. The van der Waals surface area contributed by atoms with Crippen molar-refractivity contribution < 1.29 is 0 Å². The summed E-state index contributed by atoms with van der Waals surface area (Å²) in [6, 6.07) is 6.85. The average Bonchev–Trinajstić information content (AvgIpc) is 2.43. The Morgan fingerprint density at radius 3 is 2.71 bits per heavy atom. The Morgan fingerprint density at radius 1 is 1.33 bits per heavy atom. The van der Waals surface area contributed by atoms with Crippen LogP contribution in [0.1, 0.15) is 45.6 Å². The molecule has 0 saturated heterocycles. The quantitative estimate of drug-likeness (QED) is 0.610. The van der Waals surface area contributed by atoms with Gasteiger partial charge in [-0.1, -0.05) is 39.1 Å². The van der Waals surface area contributed by atoms with E-state index < -0.39 is 0 Å². The first kappa shape index (κ1) is 16.6. The van der Waals surface area contributed by atoms with Crippen LogP contribution in [-0.2, 0) is 0 Å². The highest BCUT2D eigenvalue weighted by Gasteiger charge is 2.25. The van der Waals surface area contributed by atoms with Crippen molar-refractivity contribution >= 4 is 34.7 Å². The molecule has 0 spiro atoms. The van der Waals surface area contributed by atoms with E-state index in [0.717, 1.165) is 28.8 Å². The molecule has 2 nitrogen and oxygen atoms in total. The smallest absolute Gasteiger partial charge is 0.107 e. The number of thiocarbonyl (C=S) groups is 1. The van der Waals surface area contributed by atoms with E-state index in [4.69, 9.17) is 18.0 Å². The SMILES string of the molecule is CCSc1cccc(NC2CCC(C)C(C)C2)c1C(N)=S. The largest absolute Gasteiger partial charge is 0.389 e. The Balaban J connectivity index is 2.19. The summed E-state index contributed by atoms with van der Waals surface area (Å²) in [7, 11) is 0. The second-order valence-electron chi connectivity index (χ2n) is 6.08. The van der Waals surface area contributed by atoms with Crippen LogP contribution in [0.4, 0.5) is 5.69 Å². The maximum absolute atomic E-state index is 5.98. The highest BCUT2D eigenvalue weighted by atomic mass is 32.2. The molecule has 0 amide bonds. The molecule has 4 heteroatoms. The fourth-order valence-corrected chi connectivity index (χ4v) is 4.21. The first-order chi connectivity index (χ1) is 10.0. The molecule has 2 rings (SSSR count). The summed E-state index contributed by atoms with van der Waals surface area (Å²) in [6.45, 7) is 6.87. The Bertz CT molecular complexity index is 502. The fourth-order valence-electron chi connectivity index (χ4n) is 3.08. The van der Waals surface area contributed by atoms with Gasteiger partial charge in [0.2, 0.25) is 0 Å². The van der Waals surface area contributed by atoms with Gasteiger partial charge in [-0.15, -0.1) is 11.8 Å². The minimum Gasteiger partial charge on any atom is -0.389 e. The summed E-state index contributed by atoms with van der Waals surface area (Å²) >= 11 is 7.09. The van der Waals surface area contributed by atoms with Gasteiger partial charge in [-0.2, -0.15) is 0 Å². The molecule has 0 radical (unpaired) electrons. The standard InChI is InChI=1S/C17H26N2S2/c1-4-21-15-7-5-6-14(16(15)17(18)20)19-13-9-8-11(2)12(3)10-13/h5-7,11-13,19H,4,8-10H2,1-3H3,(H2,18,20). The van der Waals surface area contributed by atoms with Crippen LogP contribution in [0.3, 0.4) is 0 Å². The molecule has 1 aliphatic rings. The van der Waals surface area contributed by atoms with Gasteiger partial charge >= 0.3 is 0 Å². The van der Waals surface area contributed by atoms with Crippen LogP contribution in [0, 0.1) is 11.8 Å². The normalized spacial score (nSPS) is 25.6. The second-order valence-corrected chi connectivity index (χ2v) is 7.83. The number of nitrogens with one attached hydrogen (secondary N) is 1. The third-order valence-electron chi connectivity index (χ3n) is 4.53. The van der Waals surface area contributed by atoms with Crippen LogP contribution in [0.15, 0.2) is 23.1 Å². The summed E-state index contributed by atoms with van der Waals surface area (Å²) in [5.74, 6) is 2.63. The molecule has 1 fully saturated rings. The van der Waals surface area contributed by atoms with Crippen molar-refractivity contribution in [2.75, 3.05) is 11.1 Å². The zero-order chi connectivity index (χ0) is 15.4. The van der Waals surface area contributed by atoms with Gasteiger partial charge in [0.15, 0.2) is 0 Å². The lowest BCUT2D eigenvalue weighted by molar-refractivity contribution is 0.261. The number of benzene rings is 1. The summed E-state index contributed by atoms with van der Waals surface area (Å²) in [5.41, 5.74) is 8.10. The average molecular weight is 323 g/mol. The molecule has 3 N–H and O–H groups in total. The van der Waals surface area contributed by atoms with Crippen LogP contribution in [0.5, 0.6) is 0 Å². The summed E-state index contributed by atoms with van der Waals surface area (Å²) in [6.07, 6.45) is 3.75. The van der Waals surface area contributed by atoms with Gasteiger partial charge in [0.05, 0.1) is 0 Å². The third kappa shape index (κ3) is 4.13. The Labute approximate surface area is 138 Å². The van der Waals surface area contributed by atoms with Gasteiger partial charge in [0, 0.05) is 22.2 Å². The molecule has 0 heterocycles. The van der Waals surface area contributed by atoms with E-state index in [1.54, 1.807) is 11.8 Å². The van der Waals surface area contributed by atoms with E-state index in [1.165, 1.54) is 24.2 Å². The van der Waals surface area contributed by atoms with Crippen molar-refractivity contribution in [1.29, 1.82) is 0 Å². The maximum Gasteiger partial charge on any atom is 0.107 e. The highest BCUT2D eigenvalue weighted by molar-refractivity contribution is 7.99. The van der Waals surface area contributed by atoms with Gasteiger partial charge in [-0.05, 0) is 49.0 Å². The molecular formula is C17H26N2S2. The van der Waals surface area contributed by atoms with Gasteiger partial charge in [0.1, 0.15) is 4.99 Å². The monoisotopic (exact) mass is 322 g/mol. The van der Waals surface area contributed by atoms with Crippen molar-refractivity contribution in [2.24, 2.45) is 17.6 Å². The van der Waals surface area contributed by atoms with Crippen LogP contribution in [-0.4, -0.2) is 16.8 Å². The number of hydrogen-bond acceptors (Lipinski definition) is 3. The lowest BCUT2D eigenvalue weighted by atomic mass is 9.79. The molecular weight excluding hydrogens is 296 g/mol. The van der Waals surface area contributed by atoms with Crippen LogP contribution in [0.2, 0.25) is 0 Å². The van der Waals surface area contributed by atoms with E-state index in [-0.39, 0.29) is 0 Å². The lowest BCUT2D eigenvalue weighted by Gasteiger charge is -2.33. The number of anilines is 1. The van der Waals surface area contributed by atoms with Crippen LogP contribution in [0.25, 0.3) is 0 Å². The van der Waals surface area contributed by atoms with Gasteiger partial charge in [0.25, 0.3) is 0 Å². The van der Waals surface area contributed by atoms with Gasteiger partial charge in [-0.25, -0.2) is 0 Å². The van der Waals surface area contributed by atoms with Crippen LogP contribution < -0.4 is 11.1 Å². The van der Waals surface area contributed by atoms with E-state index in [2.05, 4.69) is 44.3 Å². The van der Waals surface area contributed by atoms with Crippen molar-refractivity contribution in [2.45, 2.75) is 51.0 Å². The molecule has 0 aliphatic heterocycles. The second kappa shape index (κ2) is 7.50. The number of thioether (sulfide) groups is 1. The topological polar surface area (TPSA) is 38.0 Å². The zero-order valence-corrected chi connectivity index (χ0v) is 14.8. The molecule has 1 aromatic rings. The zero-order valence-electron chi connectivity index (χ0n) is 13.2. The third-order valence-corrected chi connectivity index (χ3v) is 5.67. The van der Waals surface area contributed by atoms with Crippen molar-refractivity contribution in [3.8, 4) is 0 Å². The first-order valence-electron chi connectivity index (χ1n) is 7.85. The van der Waals surface area contributed by atoms with E-state index in [1.807, 2.05) is 0 Å². The molecule has 0 aromatic heterocycles. The Morgan fingerprint density at radius 2 is 2.10 bits per heavy atom. The van der Waals surface area contributed by atoms with E-state index in [9.17, 15) is 0 Å². The van der Waals surface area contributed by atoms with Crippen molar-refractivity contribution in [3.63, 3.8) is 0 Å². The first-order valence-corrected chi connectivity index (χ1v) is 9.24.